The van der Waals surface area contributed by atoms with Crippen LogP contribution in [0.5, 0.6) is 5.75 Å². The third kappa shape index (κ3) is 3.26. The first-order valence-electron chi connectivity index (χ1n) is 13.3. The Morgan fingerprint density at radius 3 is 2.38 bits per heavy atom. The Hall–Kier alpha value is -4.97. The van der Waals surface area contributed by atoms with Crippen LogP contribution in [0.3, 0.4) is 0 Å². The number of amides is 1. The van der Waals surface area contributed by atoms with E-state index in [1.807, 2.05) is 83.8 Å². The number of Topliss-reactive ketones (excluding diaryl/α,β-unsaturated/α-hetero) is 2. The Kier molecular flexibility index (Phi) is 5.46. The molecule has 4 aromatic carbocycles. The fraction of sp³-hybridized carbons (Fsp3) is 0.147. The topological polar surface area (TPSA) is 75.7 Å². The Morgan fingerprint density at radius 1 is 0.825 bits per heavy atom. The lowest BCUT2D eigenvalue weighted by Crippen LogP contribution is -2.51. The van der Waals surface area contributed by atoms with Gasteiger partial charge in [-0.05, 0) is 35.4 Å². The van der Waals surface area contributed by atoms with E-state index >= 15 is 0 Å². The summed E-state index contributed by atoms with van der Waals surface area (Å²) in [5.74, 6) is -1.25. The maximum atomic E-state index is 14.8. The lowest BCUT2D eigenvalue weighted by atomic mass is 9.64. The number of rotatable bonds is 5. The molecule has 7 rings (SSSR count). The van der Waals surface area contributed by atoms with Crippen LogP contribution in [-0.2, 0) is 10.2 Å². The van der Waals surface area contributed by atoms with Gasteiger partial charge in [0.2, 0.25) is 5.91 Å². The number of fused-ring (bicyclic) bond motifs is 6. The number of nitrogens with zero attached hydrogens (tertiary/aromatic N) is 1. The van der Waals surface area contributed by atoms with Gasteiger partial charge in [0.05, 0.1) is 19.1 Å². The van der Waals surface area contributed by atoms with Crippen LogP contribution in [0.15, 0.2) is 109 Å². The lowest BCUT2D eigenvalue weighted by Gasteiger charge is -2.37. The van der Waals surface area contributed by atoms with Gasteiger partial charge in [-0.3, -0.25) is 14.4 Å². The van der Waals surface area contributed by atoms with E-state index in [0.717, 1.165) is 16.8 Å². The van der Waals surface area contributed by atoms with Gasteiger partial charge in [-0.1, -0.05) is 91.0 Å². The zero-order valence-electron chi connectivity index (χ0n) is 21.8. The van der Waals surface area contributed by atoms with Crippen LogP contribution < -0.4 is 15.0 Å². The molecule has 3 aliphatic heterocycles. The van der Waals surface area contributed by atoms with Crippen LogP contribution in [0, 0.1) is 5.92 Å². The average Bonchev–Trinajstić information content (AvgIpc) is 3.49. The van der Waals surface area contributed by atoms with Gasteiger partial charge in [0.15, 0.2) is 11.6 Å². The molecule has 3 aliphatic rings. The van der Waals surface area contributed by atoms with Crippen molar-refractivity contribution < 1.29 is 19.1 Å². The Balaban J connectivity index is 1.54. The maximum Gasteiger partial charge on any atom is 0.238 e. The molecule has 3 heterocycles. The third-order valence-electron chi connectivity index (χ3n) is 8.51. The van der Waals surface area contributed by atoms with E-state index in [-0.39, 0.29) is 17.5 Å². The number of hydrogen-bond donors (Lipinski definition) is 1. The van der Waals surface area contributed by atoms with Gasteiger partial charge >= 0.3 is 0 Å². The number of carbonyl (C=O) groups excluding carboxylic acids is 3. The fourth-order valence-corrected chi connectivity index (χ4v) is 6.85. The molecule has 6 nitrogen and oxygen atoms in total. The summed E-state index contributed by atoms with van der Waals surface area (Å²) in [6.45, 7) is 0. The van der Waals surface area contributed by atoms with Crippen molar-refractivity contribution in [1.82, 2.24) is 0 Å². The quantitative estimate of drug-likeness (QED) is 0.345. The van der Waals surface area contributed by atoms with Gasteiger partial charge in [-0.2, -0.15) is 0 Å². The van der Waals surface area contributed by atoms with Gasteiger partial charge in [-0.25, -0.2) is 0 Å². The molecule has 4 aromatic rings. The number of hydrogen-bond acceptors (Lipinski definition) is 5. The van der Waals surface area contributed by atoms with E-state index in [9.17, 15) is 14.4 Å². The van der Waals surface area contributed by atoms with E-state index in [1.54, 1.807) is 43.5 Å². The number of ketones is 2. The molecule has 1 fully saturated rings. The van der Waals surface area contributed by atoms with Gasteiger partial charge in [0.25, 0.3) is 0 Å². The second kappa shape index (κ2) is 9.06. The van der Waals surface area contributed by atoms with Crippen molar-refractivity contribution in [2.24, 2.45) is 5.92 Å². The SMILES string of the molecule is COc1cccc(C(=O)[C@@H]2[C@H](C(=O)c3ccccc3)N3c4ccccc4C=C[C@@H]3[C@@]23C(=O)Nc2ccccc23)c1. The molecule has 1 saturated heterocycles. The molecule has 1 amide bonds. The number of ether oxygens (including phenoxy) is 1. The molecule has 0 aromatic heterocycles. The number of benzene rings is 4. The molecule has 0 saturated carbocycles. The first-order chi connectivity index (χ1) is 19.6. The van der Waals surface area contributed by atoms with Crippen LogP contribution in [0.1, 0.15) is 31.8 Å². The minimum Gasteiger partial charge on any atom is -0.497 e. The van der Waals surface area contributed by atoms with Crippen LogP contribution in [-0.4, -0.2) is 36.7 Å². The first-order valence-corrected chi connectivity index (χ1v) is 13.3. The Bertz CT molecular complexity index is 1710. The molecule has 196 valence electrons. The number of anilines is 2. The fourth-order valence-electron chi connectivity index (χ4n) is 6.85. The smallest absolute Gasteiger partial charge is 0.238 e. The van der Waals surface area contributed by atoms with Crippen molar-refractivity contribution in [2.75, 3.05) is 17.3 Å². The van der Waals surface area contributed by atoms with Gasteiger partial charge < -0.3 is 15.0 Å². The minimum atomic E-state index is -1.34. The second-order valence-corrected chi connectivity index (χ2v) is 10.4. The van der Waals surface area contributed by atoms with Gasteiger partial charge in [-0.15, -0.1) is 0 Å². The number of carbonyl (C=O) groups is 3. The van der Waals surface area contributed by atoms with Crippen molar-refractivity contribution in [3.63, 3.8) is 0 Å². The molecular formula is C34H26N2O4. The summed E-state index contributed by atoms with van der Waals surface area (Å²) in [5.41, 5.74) is 2.69. The summed E-state index contributed by atoms with van der Waals surface area (Å²) in [5, 5.41) is 3.06. The normalized spacial score (nSPS) is 23.8. The van der Waals surface area contributed by atoms with Crippen LogP contribution >= 0.6 is 0 Å². The Morgan fingerprint density at radius 2 is 1.55 bits per heavy atom. The summed E-state index contributed by atoms with van der Waals surface area (Å²) in [4.78, 5) is 45.7. The van der Waals surface area contributed by atoms with Crippen molar-refractivity contribution in [1.29, 1.82) is 0 Å². The average molecular weight is 527 g/mol. The Labute approximate surface area is 231 Å². The van der Waals surface area contributed by atoms with E-state index in [1.165, 1.54) is 0 Å². The molecule has 0 unspecified atom stereocenters. The predicted molar refractivity (Wildman–Crippen MR) is 154 cm³/mol. The highest BCUT2D eigenvalue weighted by molar-refractivity contribution is 6.18. The molecule has 0 radical (unpaired) electrons. The molecule has 0 aliphatic carbocycles. The van der Waals surface area contributed by atoms with E-state index < -0.39 is 23.4 Å². The summed E-state index contributed by atoms with van der Waals surface area (Å²) >= 11 is 0. The van der Waals surface area contributed by atoms with E-state index in [2.05, 4.69) is 5.32 Å². The van der Waals surface area contributed by atoms with Crippen molar-refractivity contribution in [3.8, 4) is 5.75 Å². The highest BCUT2D eigenvalue weighted by Gasteiger charge is 2.70. The number of methoxy groups -OCH3 is 1. The van der Waals surface area contributed by atoms with Crippen LogP contribution in [0.25, 0.3) is 6.08 Å². The number of nitrogens with one attached hydrogen (secondary N) is 1. The maximum absolute atomic E-state index is 14.8. The second-order valence-electron chi connectivity index (χ2n) is 10.4. The zero-order valence-corrected chi connectivity index (χ0v) is 21.8. The number of para-hydroxylation sites is 2. The minimum absolute atomic E-state index is 0.203. The van der Waals surface area contributed by atoms with Gasteiger partial charge in [0, 0.05) is 22.5 Å². The summed E-state index contributed by atoms with van der Waals surface area (Å²) < 4.78 is 5.43. The zero-order chi connectivity index (χ0) is 27.4. The molecule has 0 bridgehead atoms. The van der Waals surface area contributed by atoms with Crippen LogP contribution in [0.4, 0.5) is 11.4 Å². The summed E-state index contributed by atoms with van der Waals surface area (Å²) in [7, 11) is 1.55. The lowest BCUT2D eigenvalue weighted by molar-refractivity contribution is -0.121. The van der Waals surface area contributed by atoms with Crippen molar-refractivity contribution in [2.45, 2.75) is 17.5 Å². The molecular weight excluding hydrogens is 500 g/mol. The monoisotopic (exact) mass is 526 g/mol. The summed E-state index contributed by atoms with van der Waals surface area (Å²) in [6, 6.07) is 29.8. The van der Waals surface area contributed by atoms with Crippen molar-refractivity contribution >= 4 is 34.9 Å². The highest BCUT2D eigenvalue weighted by atomic mass is 16.5. The predicted octanol–water partition coefficient (Wildman–Crippen LogP) is 5.55. The van der Waals surface area contributed by atoms with Crippen molar-refractivity contribution in [3.05, 3.63) is 131 Å². The van der Waals surface area contributed by atoms with E-state index in [0.29, 0.717) is 22.6 Å². The van der Waals surface area contributed by atoms with Gasteiger partial charge in [0.1, 0.15) is 17.2 Å². The molecule has 6 heteroatoms. The first kappa shape index (κ1) is 24.1. The summed E-state index contributed by atoms with van der Waals surface area (Å²) in [6.07, 6.45) is 3.98. The molecule has 4 atom stereocenters. The van der Waals surface area contributed by atoms with E-state index in [4.69, 9.17) is 4.74 Å². The van der Waals surface area contributed by atoms with Crippen LogP contribution in [0.2, 0.25) is 0 Å². The highest BCUT2D eigenvalue weighted by Crippen LogP contribution is 2.58. The third-order valence-corrected chi connectivity index (χ3v) is 8.51. The molecule has 1 spiro atoms. The largest absolute Gasteiger partial charge is 0.497 e. The molecule has 40 heavy (non-hydrogen) atoms. The standard InChI is InChI=1S/C34H26N2O4/c1-40-24-14-9-13-23(20-24)31(37)29-30(32(38)22-11-3-2-4-12-22)36-27-17-8-5-10-21(27)18-19-28(36)34(29)25-15-6-7-16-26(25)35-33(34)39/h2-20,28-30H,1H3,(H,35,39)/t28-,29+,30-,34-/m1/s1. The molecule has 1 N–H and O–H groups in total.